The number of aliphatic carboxylic acids is 1. The van der Waals surface area contributed by atoms with Crippen LogP contribution in [0.25, 0.3) is 10.9 Å². The van der Waals surface area contributed by atoms with Crippen LogP contribution in [0.1, 0.15) is 31.0 Å². The van der Waals surface area contributed by atoms with Gasteiger partial charge in [0.25, 0.3) is 0 Å². The van der Waals surface area contributed by atoms with E-state index in [9.17, 15) is 9.90 Å². The monoisotopic (exact) mass is 472 g/mol. The number of aromatic nitrogens is 1. The molecule has 1 aliphatic rings. The van der Waals surface area contributed by atoms with E-state index < -0.39 is 18.1 Å². The van der Waals surface area contributed by atoms with Crippen LogP contribution in [-0.2, 0) is 4.79 Å². The third kappa shape index (κ3) is 5.86. The van der Waals surface area contributed by atoms with Crippen LogP contribution < -0.4 is 4.74 Å². The molecule has 1 aliphatic heterocycles. The van der Waals surface area contributed by atoms with E-state index in [1.807, 2.05) is 30.3 Å². The normalized spacial score (nSPS) is 20.1. The number of halogens is 1. The molecule has 3 aromatic rings. The van der Waals surface area contributed by atoms with Gasteiger partial charge in [-0.05, 0) is 73.7 Å². The topological polar surface area (TPSA) is 75.8 Å². The number of likely N-dealkylation sites (tertiary alicyclic amines) is 1. The number of carboxylic acid groups (broad SMARTS) is 1. The first-order chi connectivity index (χ1) is 16.0. The third-order valence-electron chi connectivity index (χ3n) is 6.41. The first kappa shape index (κ1) is 23.6. The number of pyridine rings is 1. The highest BCUT2D eigenvalue weighted by atomic mass is 32.2. The number of piperidine rings is 1. The molecule has 3 heterocycles. The van der Waals surface area contributed by atoms with Crippen molar-refractivity contribution in [2.24, 2.45) is 11.8 Å². The molecule has 3 atom stereocenters. The number of methoxy groups -OCH3 is 1. The smallest absolute Gasteiger partial charge is 0.308 e. The molecule has 0 radical (unpaired) electrons. The van der Waals surface area contributed by atoms with E-state index in [4.69, 9.17) is 9.15 Å². The number of furan rings is 1. The second-order valence-corrected chi connectivity index (χ2v) is 9.50. The van der Waals surface area contributed by atoms with Crippen molar-refractivity contribution in [3.63, 3.8) is 0 Å². The Kier molecular flexibility index (Phi) is 7.88. The maximum atomic E-state index is 15.3. The highest BCUT2D eigenvalue weighted by Crippen LogP contribution is 2.35. The molecule has 0 amide bonds. The largest absolute Gasteiger partial charge is 0.497 e. The van der Waals surface area contributed by atoms with Gasteiger partial charge in [-0.1, -0.05) is 11.8 Å². The number of fused-ring (bicyclic) bond motifs is 1. The minimum absolute atomic E-state index is 0.0302. The predicted octanol–water partition coefficient (Wildman–Crippen LogP) is 5.44. The van der Waals surface area contributed by atoms with Crippen molar-refractivity contribution in [2.75, 3.05) is 32.5 Å². The molecule has 8 heteroatoms. The van der Waals surface area contributed by atoms with E-state index in [-0.39, 0.29) is 5.92 Å². The highest BCUT2D eigenvalue weighted by Gasteiger charge is 2.34. The molecule has 1 fully saturated rings. The lowest BCUT2D eigenvalue weighted by Crippen LogP contribution is -2.44. The molecule has 2 aromatic heterocycles. The third-order valence-corrected chi connectivity index (χ3v) is 7.32. The molecule has 6 nitrogen and oxygen atoms in total. The fourth-order valence-electron chi connectivity index (χ4n) is 4.58. The fourth-order valence-corrected chi connectivity index (χ4v) is 5.43. The van der Waals surface area contributed by atoms with Gasteiger partial charge in [0.1, 0.15) is 11.9 Å². The molecule has 0 spiro atoms. The number of carbonyl (C=O) groups is 1. The van der Waals surface area contributed by atoms with E-state index in [0.717, 1.165) is 41.3 Å². The number of rotatable bonds is 10. The van der Waals surface area contributed by atoms with Crippen LogP contribution in [0.4, 0.5) is 4.39 Å². The molecule has 4 rings (SSSR count). The first-order valence-electron chi connectivity index (χ1n) is 11.2. The first-order valence-corrected chi connectivity index (χ1v) is 12.2. The molecular formula is C25H29FN2O4S. The summed E-state index contributed by atoms with van der Waals surface area (Å²) >= 11 is 1.63. The number of nitrogens with zero attached hydrogens (tertiary/aromatic N) is 2. The Morgan fingerprint density at radius 3 is 3.03 bits per heavy atom. The molecule has 33 heavy (non-hydrogen) atoms. The van der Waals surface area contributed by atoms with Crippen LogP contribution in [0.5, 0.6) is 5.75 Å². The van der Waals surface area contributed by atoms with Crippen LogP contribution in [0.15, 0.2) is 58.4 Å². The molecule has 176 valence electrons. The summed E-state index contributed by atoms with van der Waals surface area (Å²) in [5.74, 6) is 0.201. The summed E-state index contributed by atoms with van der Waals surface area (Å²) in [5, 5.41) is 11.4. The zero-order chi connectivity index (χ0) is 23.2. The minimum atomic E-state index is -1.18. The predicted molar refractivity (Wildman–Crippen MR) is 126 cm³/mol. The maximum Gasteiger partial charge on any atom is 0.308 e. The number of thioether (sulfide) groups is 1. The zero-order valence-corrected chi connectivity index (χ0v) is 19.5. The van der Waals surface area contributed by atoms with Crippen LogP contribution in [-0.4, -0.2) is 53.5 Å². The second kappa shape index (κ2) is 11.0. The standard InChI is InChI=1S/C25H29FN2O4S/c1-31-18-5-7-23-20(15-18)19(8-10-27-23)22(26)6-4-17-9-11-28(16-21(17)25(29)30)12-14-33-24-3-2-13-32-24/h2-3,5,7-8,10,13,15,17,21-22H,4,6,9,11-12,14,16H2,1H3,(H,29,30)/t17-,21+,22-/m1/s1. The number of ether oxygens (including phenoxy) is 1. The summed E-state index contributed by atoms with van der Waals surface area (Å²) in [6.07, 6.45) is 3.69. The van der Waals surface area contributed by atoms with Gasteiger partial charge in [-0.15, -0.1) is 0 Å². The number of hydrogen-bond acceptors (Lipinski definition) is 6. The summed E-state index contributed by atoms with van der Waals surface area (Å²) in [7, 11) is 1.58. The van der Waals surface area contributed by atoms with Crippen molar-refractivity contribution in [3.8, 4) is 5.75 Å². The van der Waals surface area contributed by atoms with Crippen molar-refractivity contribution in [3.05, 3.63) is 54.4 Å². The average molecular weight is 473 g/mol. The lowest BCUT2D eigenvalue weighted by atomic mass is 9.81. The second-order valence-electron chi connectivity index (χ2n) is 8.40. The summed E-state index contributed by atoms with van der Waals surface area (Å²) in [6.45, 7) is 2.14. The van der Waals surface area contributed by atoms with E-state index in [1.54, 1.807) is 37.4 Å². The molecule has 1 saturated heterocycles. The van der Waals surface area contributed by atoms with Crippen molar-refractivity contribution in [1.29, 1.82) is 0 Å². The van der Waals surface area contributed by atoms with Gasteiger partial charge in [0.15, 0.2) is 5.09 Å². The summed E-state index contributed by atoms with van der Waals surface area (Å²) < 4.78 is 25.9. The van der Waals surface area contributed by atoms with Gasteiger partial charge in [-0.25, -0.2) is 4.39 Å². The Morgan fingerprint density at radius 1 is 1.39 bits per heavy atom. The van der Waals surface area contributed by atoms with E-state index >= 15 is 4.39 Å². The molecule has 0 bridgehead atoms. The Bertz CT molecular complexity index is 1060. The van der Waals surface area contributed by atoms with Crippen LogP contribution >= 0.6 is 11.8 Å². The van der Waals surface area contributed by atoms with E-state index in [0.29, 0.717) is 30.7 Å². The summed E-state index contributed by atoms with van der Waals surface area (Å²) in [5.41, 5.74) is 1.30. The Labute approximate surface area is 197 Å². The number of carboxylic acids is 1. The van der Waals surface area contributed by atoms with Crippen LogP contribution in [0.2, 0.25) is 0 Å². The van der Waals surface area contributed by atoms with E-state index in [2.05, 4.69) is 9.88 Å². The molecule has 1 aromatic carbocycles. The summed E-state index contributed by atoms with van der Waals surface area (Å²) in [4.78, 5) is 18.5. The molecule has 1 N–H and O–H groups in total. The van der Waals surface area contributed by atoms with Crippen molar-refractivity contribution >= 4 is 28.6 Å². The summed E-state index contributed by atoms with van der Waals surface area (Å²) in [6, 6.07) is 10.9. The van der Waals surface area contributed by atoms with Gasteiger partial charge in [0, 0.05) is 30.4 Å². The fraction of sp³-hybridized carbons (Fsp3) is 0.440. The quantitative estimate of drug-likeness (QED) is 0.394. The number of hydrogen-bond donors (Lipinski definition) is 1. The van der Waals surface area contributed by atoms with Crippen LogP contribution in [0, 0.1) is 11.8 Å². The van der Waals surface area contributed by atoms with Gasteiger partial charge < -0.3 is 19.2 Å². The maximum absolute atomic E-state index is 15.3. The molecule has 0 unspecified atom stereocenters. The van der Waals surface area contributed by atoms with E-state index in [1.165, 1.54) is 0 Å². The van der Waals surface area contributed by atoms with Gasteiger partial charge >= 0.3 is 5.97 Å². The molecular weight excluding hydrogens is 443 g/mol. The lowest BCUT2D eigenvalue weighted by molar-refractivity contribution is -0.146. The highest BCUT2D eigenvalue weighted by molar-refractivity contribution is 7.99. The Morgan fingerprint density at radius 2 is 2.27 bits per heavy atom. The molecule has 0 aliphatic carbocycles. The van der Waals surface area contributed by atoms with Crippen LogP contribution in [0.3, 0.4) is 0 Å². The Hall–Kier alpha value is -2.58. The van der Waals surface area contributed by atoms with Crippen molar-refractivity contribution < 1.29 is 23.4 Å². The number of benzene rings is 1. The van der Waals surface area contributed by atoms with Gasteiger partial charge in [0.2, 0.25) is 0 Å². The van der Waals surface area contributed by atoms with Crippen molar-refractivity contribution in [2.45, 2.75) is 30.5 Å². The van der Waals surface area contributed by atoms with Crippen molar-refractivity contribution in [1.82, 2.24) is 9.88 Å². The SMILES string of the molecule is COc1ccc2nccc([C@H](F)CC[C@@H]3CCN(CCSc4ccco4)C[C@@H]3C(=O)O)c2c1. The lowest BCUT2D eigenvalue weighted by Gasteiger charge is -2.36. The minimum Gasteiger partial charge on any atom is -0.497 e. The Balaban J connectivity index is 1.34. The average Bonchev–Trinajstić information content (AvgIpc) is 3.35. The van der Waals surface area contributed by atoms with Gasteiger partial charge in [0.05, 0.1) is 24.8 Å². The van der Waals surface area contributed by atoms with Gasteiger partial charge in [-0.2, -0.15) is 0 Å². The zero-order valence-electron chi connectivity index (χ0n) is 18.7. The van der Waals surface area contributed by atoms with Gasteiger partial charge in [-0.3, -0.25) is 9.78 Å². The molecule has 0 saturated carbocycles. The number of alkyl halides is 1.